The van der Waals surface area contributed by atoms with E-state index in [2.05, 4.69) is 0 Å². The summed E-state index contributed by atoms with van der Waals surface area (Å²) in [6.45, 7) is 5.61. The molecule has 0 aromatic heterocycles. The first-order chi connectivity index (χ1) is 16.7. The Kier molecular flexibility index (Phi) is 6.42. The highest BCUT2D eigenvalue weighted by Crippen LogP contribution is 2.43. The molecule has 0 saturated carbocycles. The molecule has 1 fully saturated rings. The minimum Gasteiger partial charge on any atom is -0.508 e. The normalized spacial score (nSPS) is 17.0. The van der Waals surface area contributed by atoms with Crippen molar-refractivity contribution in [3.8, 4) is 5.75 Å². The molecule has 1 aliphatic rings. The van der Waals surface area contributed by atoms with Crippen molar-refractivity contribution in [3.05, 3.63) is 100 Å². The second kappa shape index (κ2) is 9.46. The average Bonchev–Trinajstić information content (AvgIpc) is 3.11. The van der Waals surface area contributed by atoms with Crippen LogP contribution in [0.15, 0.2) is 72.3 Å². The zero-order chi connectivity index (χ0) is 25.3. The van der Waals surface area contributed by atoms with Gasteiger partial charge in [0.05, 0.1) is 23.8 Å². The maximum Gasteiger partial charge on any atom is 0.338 e. The lowest BCUT2D eigenvalue weighted by molar-refractivity contribution is -0.132. The Labute approximate surface area is 202 Å². The minimum absolute atomic E-state index is 0.0440. The average molecular weight is 472 g/mol. The van der Waals surface area contributed by atoms with Crippen LogP contribution in [0.25, 0.3) is 5.76 Å². The van der Waals surface area contributed by atoms with Crippen molar-refractivity contribution in [2.45, 2.75) is 26.8 Å². The zero-order valence-electron chi connectivity index (χ0n) is 19.6. The number of carbonyl (C=O) groups excluding carboxylic acids is 3. The molecule has 0 aliphatic carbocycles. The van der Waals surface area contributed by atoms with Crippen molar-refractivity contribution < 1.29 is 29.3 Å². The van der Waals surface area contributed by atoms with Gasteiger partial charge in [-0.15, -0.1) is 0 Å². The van der Waals surface area contributed by atoms with Crippen LogP contribution in [-0.2, 0) is 14.3 Å². The van der Waals surface area contributed by atoms with Crippen LogP contribution in [0.4, 0.5) is 5.69 Å². The van der Waals surface area contributed by atoms with Crippen molar-refractivity contribution in [1.82, 2.24) is 0 Å². The number of Topliss-reactive ketones (excluding diaryl/α,β-unsaturated/α-hetero) is 1. The van der Waals surface area contributed by atoms with Gasteiger partial charge in [0.1, 0.15) is 11.5 Å². The van der Waals surface area contributed by atoms with Crippen molar-refractivity contribution in [1.29, 1.82) is 0 Å². The number of amides is 1. The summed E-state index contributed by atoms with van der Waals surface area (Å²) in [5.74, 6) is -2.50. The summed E-state index contributed by atoms with van der Waals surface area (Å²) in [5, 5.41) is 21.4. The molecule has 1 atom stereocenters. The Bertz CT molecular complexity index is 1360. The Hall–Kier alpha value is -4.39. The van der Waals surface area contributed by atoms with Gasteiger partial charge in [-0.25, -0.2) is 4.79 Å². The van der Waals surface area contributed by atoms with Crippen LogP contribution in [-0.4, -0.2) is 34.5 Å². The van der Waals surface area contributed by atoms with E-state index in [1.807, 2.05) is 26.0 Å². The molecular weight excluding hydrogens is 446 g/mol. The maximum atomic E-state index is 13.3. The molecule has 1 aliphatic heterocycles. The van der Waals surface area contributed by atoms with E-state index in [-0.39, 0.29) is 23.7 Å². The number of carbonyl (C=O) groups is 3. The molecule has 3 aromatic carbocycles. The summed E-state index contributed by atoms with van der Waals surface area (Å²) in [4.78, 5) is 39.9. The molecule has 0 spiro atoms. The molecule has 1 heterocycles. The standard InChI is InChI=1S/C28H25NO6/c1-4-35-28(34)18-10-12-20(13-11-18)29-24(19-6-5-7-21(30)15-19)23(26(32)27(29)33)25(31)22-14-16(2)8-9-17(22)3/h5-15,24,30-31H,4H2,1-3H3/b25-23+. The van der Waals surface area contributed by atoms with Gasteiger partial charge < -0.3 is 14.9 Å². The Balaban J connectivity index is 1.90. The van der Waals surface area contributed by atoms with E-state index in [4.69, 9.17) is 4.74 Å². The predicted molar refractivity (Wildman–Crippen MR) is 131 cm³/mol. The third kappa shape index (κ3) is 4.40. The van der Waals surface area contributed by atoms with Crippen LogP contribution in [0, 0.1) is 13.8 Å². The lowest BCUT2D eigenvalue weighted by Crippen LogP contribution is -2.29. The topological polar surface area (TPSA) is 104 Å². The van der Waals surface area contributed by atoms with E-state index in [1.54, 1.807) is 37.3 Å². The number of ketones is 1. The molecule has 0 bridgehead atoms. The van der Waals surface area contributed by atoms with Gasteiger partial charge in [0.25, 0.3) is 11.7 Å². The molecule has 1 amide bonds. The number of rotatable bonds is 5. The molecule has 7 nitrogen and oxygen atoms in total. The van der Waals surface area contributed by atoms with Crippen LogP contribution in [0.3, 0.4) is 0 Å². The predicted octanol–water partition coefficient (Wildman–Crippen LogP) is 4.81. The molecule has 4 rings (SSSR count). The van der Waals surface area contributed by atoms with Gasteiger partial charge in [0.15, 0.2) is 0 Å². The molecule has 35 heavy (non-hydrogen) atoms. The summed E-state index contributed by atoms with van der Waals surface area (Å²) < 4.78 is 5.01. The fraction of sp³-hybridized carbons (Fsp3) is 0.179. The van der Waals surface area contributed by atoms with Gasteiger partial charge in [-0.1, -0.05) is 29.8 Å². The van der Waals surface area contributed by atoms with Crippen LogP contribution in [0.2, 0.25) is 0 Å². The van der Waals surface area contributed by atoms with Gasteiger partial charge in [-0.2, -0.15) is 0 Å². The number of benzene rings is 3. The third-order valence-electron chi connectivity index (χ3n) is 5.94. The molecule has 0 radical (unpaired) electrons. The highest BCUT2D eigenvalue weighted by atomic mass is 16.5. The number of hydrogen-bond acceptors (Lipinski definition) is 6. The molecule has 2 N–H and O–H groups in total. The summed E-state index contributed by atoms with van der Waals surface area (Å²) in [5.41, 5.74) is 3.10. The van der Waals surface area contributed by atoms with E-state index >= 15 is 0 Å². The van der Waals surface area contributed by atoms with Crippen LogP contribution in [0.1, 0.15) is 45.6 Å². The summed E-state index contributed by atoms with van der Waals surface area (Å²) in [7, 11) is 0. The molecule has 1 unspecified atom stereocenters. The number of nitrogens with zero attached hydrogens (tertiary/aromatic N) is 1. The fourth-order valence-electron chi connectivity index (χ4n) is 4.22. The highest BCUT2D eigenvalue weighted by molar-refractivity contribution is 6.51. The maximum absolute atomic E-state index is 13.3. The molecular formula is C28H25NO6. The first-order valence-corrected chi connectivity index (χ1v) is 11.2. The first kappa shape index (κ1) is 23.8. The number of phenols is 1. The summed E-state index contributed by atoms with van der Waals surface area (Å²) >= 11 is 0. The second-order valence-electron chi connectivity index (χ2n) is 8.35. The largest absolute Gasteiger partial charge is 0.508 e. The van der Waals surface area contributed by atoms with Crippen molar-refractivity contribution >= 4 is 29.1 Å². The van der Waals surface area contributed by atoms with Gasteiger partial charge in [0, 0.05) is 11.3 Å². The van der Waals surface area contributed by atoms with Crippen molar-refractivity contribution in [3.63, 3.8) is 0 Å². The summed E-state index contributed by atoms with van der Waals surface area (Å²) in [6.07, 6.45) is 0. The van der Waals surface area contributed by atoms with E-state index in [0.29, 0.717) is 22.4 Å². The number of aryl methyl sites for hydroxylation is 2. The Morgan fingerprint density at radius 2 is 1.71 bits per heavy atom. The number of hydrogen-bond donors (Lipinski definition) is 2. The number of anilines is 1. The lowest BCUT2D eigenvalue weighted by Gasteiger charge is -2.26. The molecule has 1 saturated heterocycles. The van der Waals surface area contributed by atoms with E-state index in [9.17, 15) is 24.6 Å². The number of ether oxygens (including phenoxy) is 1. The number of aromatic hydroxyl groups is 1. The van der Waals surface area contributed by atoms with Crippen LogP contribution >= 0.6 is 0 Å². The van der Waals surface area contributed by atoms with Crippen LogP contribution in [0.5, 0.6) is 5.75 Å². The number of aliphatic hydroxyl groups excluding tert-OH is 1. The summed E-state index contributed by atoms with van der Waals surface area (Å²) in [6, 6.07) is 16.8. The third-order valence-corrected chi connectivity index (χ3v) is 5.94. The van der Waals surface area contributed by atoms with Crippen LogP contribution < -0.4 is 4.90 Å². The van der Waals surface area contributed by atoms with Gasteiger partial charge >= 0.3 is 5.97 Å². The smallest absolute Gasteiger partial charge is 0.338 e. The highest BCUT2D eigenvalue weighted by Gasteiger charge is 2.47. The Morgan fingerprint density at radius 1 is 1.00 bits per heavy atom. The van der Waals surface area contributed by atoms with E-state index in [0.717, 1.165) is 11.1 Å². The number of phenolic OH excluding ortho intramolecular Hbond substituents is 1. The number of aliphatic hydroxyl groups is 1. The molecule has 178 valence electrons. The second-order valence-corrected chi connectivity index (χ2v) is 8.35. The van der Waals surface area contributed by atoms with Gasteiger partial charge in [-0.3, -0.25) is 14.5 Å². The quantitative estimate of drug-likeness (QED) is 0.239. The van der Waals surface area contributed by atoms with E-state index in [1.165, 1.54) is 29.2 Å². The Morgan fingerprint density at radius 3 is 2.37 bits per heavy atom. The molecule has 3 aromatic rings. The SMILES string of the molecule is CCOC(=O)c1ccc(N2C(=O)C(=O)/C(=C(/O)c3cc(C)ccc3C)C2c2cccc(O)c2)cc1. The van der Waals surface area contributed by atoms with Gasteiger partial charge in [-0.05, 0) is 74.4 Å². The molecule has 7 heteroatoms. The van der Waals surface area contributed by atoms with E-state index < -0.39 is 23.7 Å². The number of esters is 1. The fourth-order valence-corrected chi connectivity index (χ4v) is 4.22. The van der Waals surface area contributed by atoms with Crippen molar-refractivity contribution in [2.75, 3.05) is 11.5 Å². The lowest BCUT2D eigenvalue weighted by atomic mass is 9.93. The minimum atomic E-state index is -0.990. The van der Waals surface area contributed by atoms with Crippen molar-refractivity contribution in [2.24, 2.45) is 0 Å². The first-order valence-electron chi connectivity index (χ1n) is 11.2. The monoisotopic (exact) mass is 471 g/mol. The zero-order valence-corrected chi connectivity index (χ0v) is 19.6. The van der Waals surface area contributed by atoms with Gasteiger partial charge in [0.2, 0.25) is 0 Å².